The van der Waals surface area contributed by atoms with Gasteiger partial charge < -0.3 is 10.6 Å². The smallest absolute Gasteiger partial charge is 0.224 e. The number of hydrogen-bond acceptors (Lipinski definition) is 2. The number of nitrogens with one attached hydrogen (secondary N) is 2. The standard InChI is InChI=1S/C19H23FN2O/c1-2-3-12-21-19(23)13-15-6-10-18(11-7-15)22-14-16-4-8-17(20)9-5-16/h4-11,22H,2-3,12-14H2,1H3,(H,21,23). The zero-order chi connectivity index (χ0) is 16.5. The van der Waals surface area contributed by atoms with Gasteiger partial charge in [0.25, 0.3) is 0 Å². The fraction of sp³-hybridized carbons (Fsp3) is 0.316. The maximum atomic E-state index is 12.8. The molecule has 0 saturated heterocycles. The van der Waals surface area contributed by atoms with Gasteiger partial charge in [0.1, 0.15) is 5.82 Å². The molecule has 2 aromatic carbocycles. The number of benzene rings is 2. The lowest BCUT2D eigenvalue weighted by molar-refractivity contribution is -0.120. The van der Waals surface area contributed by atoms with E-state index in [0.717, 1.165) is 36.2 Å². The fourth-order valence-electron chi connectivity index (χ4n) is 2.20. The largest absolute Gasteiger partial charge is 0.381 e. The molecule has 0 unspecified atom stereocenters. The summed E-state index contributed by atoms with van der Waals surface area (Å²) >= 11 is 0. The van der Waals surface area contributed by atoms with Gasteiger partial charge in [-0.25, -0.2) is 4.39 Å². The number of hydrogen-bond donors (Lipinski definition) is 2. The van der Waals surface area contributed by atoms with Crippen molar-refractivity contribution in [2.75, 3.05) is 11.9 Å². The summed E-state index contributed by atoms with van der Waals surface area (Å²) in [4.78, 5) is 11.8. The number of unbranched alkanes of at least 4 members (excludes halogenated alkanes) is 1. The van der Waals surface area contributed by atoms with E-state index in [1.54, 1.807) is 12.1 Å². The van der Waals surface area contributed by atoms with Crippen LogP contribution in [0.3, 0.4) is 0 Å². The van der Waals surface area contributed by atoms with E-state index in [9.17, 15) is 9.18 Å². The van der Waals surface area contributed by atoms with Crippen LogP contribution >= 0.6 is 0 Å². The molecule has 2 aromatic rings. The van der Waals surface area contributed by atoms with E-state index in [1.807, 2.05) is 24.3 Å². The minimum absolute atomic E-state index is 0.0606. The number of amides is 1. The van der Waals surface area contributed by atoms with E-state index in [4.69, 9.17) is 0 Å². The number of carbonyl (C=O) groups excluding carboxylic acids is 1. The van der Waals surface area contributed by atoms with Crippen LogP contribution in [0.4, 0.5) is 10.1 Å². The lowest BCUT2D eigenvalue weighted by Crippen LogP contribution is -2.25. The third kappa shape index (κ3) is 6.10. The maximum Gasteiger partial charge on any atom is 0.224 e. The van der Waals surface area contributed by atoms with Crippen LogP contribution in [0.2, 0.25) is 0 Å². The number of halogens is 1. The molecule has 3 nitrogen and oxygen atoms in total. The summed E-state index contributed by atoms with van der Waals surface area (Å²) in [7, 11) is 0. The number of rotatable bonds is 8. The molecule has 0 saturated carbocycles. The van der Waals surface area contributed by atoms with Gasteiger partial charge in [0.15, 0.2) is 0 Å². The molecular weight excluding hydrogens is 291 g/mol. The van der Waals surface area contributed by atoms with Gasteiger partial charge in [0, 0.05) is 18.8 Å². The zero-order valence-corrected chi connectivity index (χ0v) is 13.4. The predicted octanol–water partition coefficient (Wildman–Crippen LogP) is 3.90. The highest BCUT2D eigenvalue weighted by molar-refractivity contribution is 5.78. The van der Waals surface area contributed by atoms with Crippen molar-refractivity contribution < 1.29 is 9.18 Å². The molecule has 0 bridgehead atoms. The second kappa shape index (κ2) is 8.93. The van der Waals surface area contributed by atoms with Gasteiger partial charge in [0.2, 0.25) is 5.91 Å². The molecule has 0 aliphatic heterocycles. The summed E-state index contributed by atoms with van der Waals surface area (Å²) < 4.78 is 12.8. The molecule has 0 aliphatic carbocycles. The first kappa shape index (κ1) is 17.0. The average Bonchev–Trinajstić information content (AvgIpc) is 2.56. The Kier molecular flexibility index (Phi) is 6.60. The Balaban J connectivity index is 1.79. The van der Waals surface area contributed by atoms with E-state index in [2.05, 4.69) is 17.6 Å². The van der Waals surface area contributed by atoms with Crippen molar-refractivity contribution in [3.63, 3.8) is 0 Å². The summed E-state index contributed by atoms with van der Waals surface area (Å²) in [5.74, 6) is -0.166. The molecule has 0 aromatic heterocycles. The Morgan fingerprint density at radius 2 is 1.65 bits per heavy atom. The van der Waals surface area contributed by atoms with Crippen molar-refractivity contribution in [2.24, 2.45) is 0 Å². The molecule has 0 fully saturated rings. The molecule has 0 heterocycles. The first-order valence-electron chi connectivity index (χ1n) is 8.01. The SMILES string of the molecule is CCCCNC(=O)Cc1ccc(NCc2ccc(F)cc2)cc1. The maximum absolute atomic E-state index is 12.8. The van der Waals surface area contributed by atoms with Crippen LogP contribution in [-0.2, 0) is 17.8 Å². The summed E-state index contributed by atoms with van der Waals surface area (Å²) in [5, 5.41) is 6.19. The normalized spacial score (nSPS) is 10.3. The van der Waals surface area contributed by atoms with Crippen molar-refractivity contribution in [2.45, 2.75) is 32.7 Å². The quantitative estimate of drug-likeness (QED) is 0.726. The molecular formula is C19H23FN2O. The topological polar surface area (TPSA) is 41.1 Å². The Hall–Kier alpha value is -2.36. The van der Waals surface area contributed by atoms with Gasteiger partial charge in [-0.05, 0) is 41.8 Å². The molecule has 0 spiro atoms. The minimum Gasteiger partial charge on any atom is -0.381 e. The molecule has 0 aliphatic rings. The van der Waals surface area contributed by atoms with E-state index < -0.39 is 0 Å². The molecule has 4 heteroatoms. The fourth-order valence-corrected chi connectivity index (χ4v) is 2.20. The molecule has 0 radical (unpaired) electrons. The van der Waals surface area contributed by atoms with Gasteiger partial charge >= 0.3 is 0 Å². The van der Waals surface area contributed by atoms with Crippen molar-refractivity contribution in [3.8, 4) is 0 Å². The second-order valence-corrected chi connectivity index (χ2v) is 5.56. The van der Waals surface area contributed by atoms with Crippen LogP contribution in [0.25, 0.3) is 0 Å². The Labute approximate surface area is 136 Å². The highest BCUT2D eigenvalue weighted by atomic mass is 19.1. The number of carbonyl (C=O) groups is 1. The molecule has 1 amide bonds. The molecule has 2 N–H and O–H groups in total. The highest BCUT2D eigenvalue weighted by Crippen LogP contribution is 2.12. The van der Waals surface area contributed by atoms with Crippen LogP contribution in [0, 0.1) is 5.82 Å². The van der Waals surface area contributed by atoms with E-state index in [1.165, 1.54) is 12.1 Å². The molecule has 122 valence electrons. The summed E-state index contributed by atoms with van der Waals surface area (Å²) in [5.41, 5.74) is 2.99. The predicted molar refractivity (Wildman–Crippen MR) is 91.8 cm³/mol. The summed E-state index contributed by atoms with van der Waals surface area (Å²) in [6, 6.07) is 14.2. The summed E-state index contributed by atoms with van der Waals surface area (Å²) in [6.07, 6.45) is 2.49. The van der Waals surface area contributed by atoms with Gasteiger partial charge in [-0.3, -0.25) is 4.79 Å². The minimum atomic E-state index is -0.227. The van der Waals surface area contributed by atoms with Crippen molar-refractivity contribution in [1.29, 1.82) is 0 Å². The van der Waals surface area contributed by atoms with Gasteiger partial charge in [-0.1, -0.05) is 37.6 Å². The third-order valence-electron chi connectivity index (χ3n) is 3.58. The highest BCUT2D eigenvalue weighted by Gasteiger charge is 2.03. The molecule has 0 atom stereocenters. The van der Waals surface area contributed by atoms with Crippen molar-refractivity contribution in [3.05, 3.63) is 65.5 Å². The lowest BCUT2D eigenvalue weighted by atomic mass is 10.1. The Morgan fingerprint density at radius 1 is 1.00 bits per heavy atom. The van der Waals surface area contributed by atoms with E-state index in [-0.39, 0.29) is 11.7 Å². The monoisotopic (exact) mass is 314 g/mol. The van der Waals surface area contributed by atoms with Gasteiger partial charge in [-0.15, -0.1) is 0 Å². The summed E-state index contributed by atoms with van der Waals surface area (Å²) in [6.45, 7) is 3.48. The van der Waals surface area contributed by atoms with Crippen LogP contribution in [0.15, 0.2) is 48.5 Å². The second-order valence-electron chi connectivity index (χ2n) is 5.56. The molecule has 2 rings (SSSR count). The zero-order valence-electron chi connectivity index (χ0n) is 13.4. The van der Waals surface area contributed by atoms with E-state index in [0.29, 0.717) is 13.0 Å². The van der Waals surface area contributed by atoms with Crippen LogP contribution in [0.1, 0.15) is 30.9 Å². The Bertz CT molecular complexity index is 608. The van der Waals surface area contributed by atoms with Crippen LogP contribution < -0.4 is 10.6 Å². The van der Waals surface area contributed by atoms with Crippen LogP contribution in [-0.4, -0.2) is 12.5 Å². The first-order chi connectivity index (χ1) is 11.2. The van der Waals surface area contributed by atoms with Crippen LogP contribution in [0.5, 0.6) is 0 Å². The lowest BCUT2D eigenvalue weighted by Gasteiger charge is -2.08. The average molecular weight is 314 g/mol. The third-order valence-corrected chi connectivity index (χ3v) is 3.58. The number of anilines is 1. The van der Waals surface area contributed by atoms with Gasteiger partial charge in [-0.2, -0.15) is 0 Å². The first-order valence-corrected chi connectivity index (χ1v) is 8.01. The van der Waals surface area contributed by atoms with Crippen molar-refractivity contribution in [1.82, 2.24) is 5.32 Å². The van der Waals surface area contributed by atoms with Crippen molar-refractivity contribution >= 4 is 11.6 Å². The van der Waals surface area contributed by atoms with E-state index >= 15 is 0 Å². The van der Waals surface area contributed by atoms with Gasteiger partial charge in [0.05, 0.1) is 6.42 Å². The Morgan fingerprint density at radius 3 is 2.30 bits per heavy atom. The molecule has 23 heavy (non-hydrogen) atoms.